The number of anilines is 2. The van der Waals surface area contributed by atoms with Crippen LogP contribution in [0.25, 0.3) is 22.3 Å². The number of nitrogens with one attached hydrogen (secondary N) is 1. The van der Waals surface area contributed by atoms with Crippen molar-refractivity contribution in [1.82, 2.24) is 15.2 Å². The smallest absolute Gasteiger partial charge is 0.229 e. The van der Waals surface area contributed by atoms with Crippen LogP contribution >= 0.6 is 0 Å². The van der Waals surface area contributed by atoms with Gasteiger partial charge in [0.1, 0.15) is 0 Å². The van der Waals surface area contributed by atoms with E-state index in [1.54, 1.807) is 6.07 Å². The lowest BCUT2D eigenvalue weighted by molar-refractivity contribution is -0.135. The van der Waals surface area contributed by atoms with Gasteiger partial charge in [0.25, 0.3) is 0 Å². The van der Waals surface area contributed by atoms with E-state index >= 15 is 0 Å². The Hall–Kier alpha value is -5.15. The van der Waals surface area contributed by atoms with Gasteiger partial charge >= 0.3 is 0 Å². The Morgan fingerprint density at radius 2 is 1.40 bits per heavy atom. The molecule has 4 heterocycles. The predicted octanol–water partition coefficient (Wildman–Crippen LogP) is 11.0. The third-order valence-electron chi connectivity index (χ3n) is 12.2. The van der Waals surface area contributed by atoms with Crippen LogP contribution in [0.5, 0.6) is 0 Å². The first-order valence-corrected chi connectivity index (χ1v) is 23.3. The van der Waals surface area contributed by atoms with Gasteiger partial charge in [0.15, 0.2) is 12.1 Å². The number of rotatable bonds is 11. The van der Waals surface area contributed by atoms with Gasteiger partial charge in [-0.05, 0) is 115 Å². The molecule has 1 atom stereocenters. The van der Waals surface area contributed by atoms with E-state index < -0.39 is 0 Å². The molecule has 62 heavy (non-hydrogen) atoms. The number of piperazine rings is 1. The Balaban J connectivity index is 0.000000566. The van der Waals surface area contributed by atoms with Crippen molar-refractivity contribution in [3.63, 3.8) is 0 Å². The summed E-state index contributed by atoms with van der Waals surface area (Å²) in [7, 11) is 0. The number of carbonyl (C=O) groups excluding carboxylic acids is 4. The number of piperidine rings is 2. The molecule has 1 unspecified atom stereocenters. The Kier molecular flexibility index (Phi) is 19.5. The molecule has 0 spiro atoms. The van der Waals surface area contributed by atoms with Gasteiger partial charge in [-0.2, -0.15) is 0 Å². The third kappa shape index (κ3) is 13.2. The maximum atomic E-state index is 12.7. The van der Waals surface area contributed by atoms with Crippen molar-refractivity contribution in [2.24, 2.45) is 17.8 Å². The summed E-state index contributed by atoms with van der Waals surface area (Å²) in [5.74, 6) is 0.868. The van der Waals surface area contributed by atoms with E-state index in [2.05, 4.69) is 94.3 Å². The monoisotopic (exact) mass is 844 g/mol. The molecule has 3 aromatic carbocycles. The van der Waals surface area contributed by atoms with E-state index in [-0.39, 0.29) is 29.4 Å². The number of hydrogen-bond acceptors (Lipinski definition) is 8. The molecule has 0 bridgehead atoms. The number of aldehydes is 1. The van der Waals surface area contributed by atoms with Gasteiger partial charge in [0, 0.05) is 98.0 Å². The number of aromatic nitrogens is 1. The molecule has 1 N–H and O–H groups in total. The second-order valence-electron chi connectivity index (χ2n) is 17.0. The highest BCUT2D eigenvalue weighted by Crippen LogP contribution is 2.34. The number of imide groups is 1. The zero-order chi connectivity index (χ0) is 45.3. The molecular formula is C53H73N5O4. The van der Waals surface area contributed by atoms with Gasteiger partial charge in [-0.1, -0.05) is 92.6 Å². The van der Waals surface area contributed by atoms with E-state index in [0.717, 1.165) is 63.7 Å². The van der Waals surface area contributed by atoms with Gasteiger partial charge in [-0.15, -0.1) is 0 Å². The van der Waals surface area contributed by atoms with Crippen LogP contribution in [0.2, 0.25) is 0 Å². The Bertz CT molecular complexity index is 2060. The summed E-state index contributed by atoms with van der Waals surface area (Å²) in [5.41, 5.74) is 11.0. The Morgan fingerprint density at radius 3 is 1.98 bits per heavy atom. The maximum absolute atomic E-state index is 12.7. The van der Waals surface area contributed by atoms with Gasteiger partial charge in [-0.25, -0.2) is 0 Å². The van der Waals surface area contributed by atoms with Crippen molar-refractivity contribution in [1.29, 1.82) is 0 Å². The summed E-state index contributed by atoms with van der Waals surface area (Å²) >= 11 is 0. The average molecular weight is 844 g/mol. The molecule has 9 nitrogen and oxygen atoms in total. The molecule has 2 amide bonds. The molecule has 3 aliphatic heterocycles. The van der Waals surface area contributed by atoms with Crippen molar-refractivity contribution >= 4 is 35.3 Å². The van der Waals surface area contributed by atoms with Gasteiger partial charge in [0.05, 0.1) is 0 Å². The van der Waals surface area contributed by atoms with Crippen LogP contribution in [0, 0.1) is 24.7 Å². The number of Topliss-reactive ketones (excluding diaryl/α,β-unsaturated/α-hetero) is 1. The number of benzene rings is 3. The van der Waals surface area contributed by atoms with Crippen molar-refractivity contribution in [3.8, 4) is 22.3 Å². The fourth-order valence-corrected chi connectivity index (χ4v) is 8.39. The number of carbonyl (C=O) groups is 4. The maximum Gasteiger partial charge on any atom is 0.229 e. The van der Waals surface area contributed by atoms with E-state index in [0.29, 0.717) is 29.9 Å². The molecule has 0 aliphatic carbocycles. The normalized spacial score (nSPS) is 16.9. The van der Waals surface area contributed by atoms with Crippen LogP contribution < -0.4 is 15.1 Å². The zero-order valence-corrected chi connectivity index (χ0v) is 39.3. The zero-order valence-electron chi connectivity index (χ0n) is 39.3. The first-order chi connectivity index (χ1) is 29.9. The lowest BCUT2D eigenvalue weighted by atomic mass is 9.90. The lowest BCUT2D eigenvalue weighted by Gasteiger charge is -2.38. The Morgan fingerprint density at radius 1 is 0.774 bits per heavy atom. The second kappa shape index (κ2) is 24.5. The molecule has 4 aromatic rings. The van der Waals surface area contributed by atoms with E-state index in [1.165, 1.54) is 58.3 Å². The van der Waals surface area contributed by atoms with E-state index in [4.69, 9.17) is 0 Å². The fraction of sp³-hybridized carbons (Fsp3) is 0.491. The predicted molar refractivity (Wildman–Crippen MR) is 257 cm³/mol. The minimum atomic E-state index is -0.141. The molecule has 334 valence electrons. The molecule has 3 fully saturated rings. The highest BCUT2D eigenvalue weighted by molar-refractivity contribution is 6.04. The number of amides is 2. The van der Waals surface area contributed by atoms with Crippen molar-refractivity contribution in [2.75, 3.05) is 55.6 Å². The van der Waals surface area contributed by atoms with E-state index in [1.807, 2.05) is 73.0 Å². The average Bonchev–Trinajstić information content (AvgIpc) is 3.31. The van der Waals surface area contributed by atoms with Crippen molar-refractivity contribution in [3.05, 3.63) is 101 Å². The van der Waals surface area contributed by atoms with Crippen LogP contribution in [0.3, 0.4) is 0 Å². The van der Waals surface area contributed by atoms with Crippen LogP contribution in [-0.4, -0.2) is 79.6 Å². The fourth-order valence-electron chi connectivity index (χ4n) is 8.39. The Labute approximate surface area is 372 Å². The van der Waals surface area contributed by atoms with Gasteiger partial charge < -0.3 is 9.80 Å². The quantitative estimate of drug-likeness (QED) is 0.0905. The molecule has 1 aromatic heterocycles. The number of nitrogens with zero attached hydrogens (tertiary/aromatic N) is 4. The molecule has 3 saturated heterocycles. The SMILES string of the molecule is CC.CC.CC1CCC(=O)NC1=O.Cc1cc(-c2ccc(N3CCC(CCN4CCN(c5ccc(C=O)c(C(=O)C(C)C)c5)CC4)CC3)cc2)ccc1-c1cnccc1C(C)C. The first kappa shape index (κ1) is 49.5. The number of hydrogen-bond donors (Lipinski definition) is 1. The summed E-state index contributed by atoms with van der Waals surface area (Å²) in [6.07, 6.45) is 9.62. The van der Waals surface area contributed by atoms with Crippen LogP contribution in [0.1, 0.15) is 132 Å². The van der Waals surface area contributed by atoms with Crippen molar-refractivity contribution < 1.29 is 19.2 Å². The topological polar surface area (TPSA) is 103 Å². The van der Waals surface area contributed by atoms with Crippen LogP contribution in [-0.2, 0) is 9.59 Å². The molecular weight excluding hydrogens is 771 g/mol. The first-order valence-electron chi connectivity index (χ1n) is 23.3. The van der Waals surface area contributed by atoms with E-state index in [9.17, 15) is 19.2 Å². The summed E-state index contributed by atoms with van der Waals surface area (Å²) in [4.78, 5) is 57.3. The second-order valence-corrected chi connectivity index (χ2v) is 17.0. The summed E-state index contributed by atoms with van der Waals surface area (Å²) in [5, 5.41) is 2.25. The van der Waals surface area contributed by atoms with Crippen LogP contribution in [0.4, 0.5) is 11.4 Å². The number of pyridine rings is 1. The standard InChI is InChI=1S/C43H52N4O2.C6H9NO2.2C2H6/c1-30(2)39-14-18-44-28-42(39)40-13-9-35(26-32(40)5)34-6-10-37(11-7-34)46-20-16-33(17-21-46)15-19-45-22-24-47(25-23-45)38-12-8-36(29-48)41(27-38)43(49)31(3)4;1-4-2-3-5(8)7-6(4)9;2*1-2/h6-14,18,26-31,33H,15-17,19-25H2,1-5H3;4H,2-3H2,1H3,(H,7,8,9);2*1-2H3. The minimum Gasteiger partial charge on any atom is -0.372 e. The lowest BCUT2D eigenvalue weighted by Crippen LogP contribution is -2.47. The molecule has 7 rings (SSSR count). The van der Waals surface area contributed by atoms with Gasteiger partial charge in [0.2, 0.25) is 11.8 Å². The molecule has 9 heteroatoms. The largest absolute Gasteiger partial charge is 0.372 e. The molecule has 0 saturated carbocycles. The van der Waals surface area contributed by atoms with Gasteiger partial charge in [-0.3, -0.25) is 34.4 Å². The highest BCUT2D eigenvalue weighted by atomic mass is 16.2. The molecule has 3 aliphatic rings. The summed E-state index contributed by atoms with van der Waals surface area (Å²) in [6.45, 7) is 27.6. The third-order valence-corrected chi connectivity index (χ3v) is 12.2. The minimum absolute atomic E-state index is 0.0164. The molecule has 0 radical (unpaired) electrons. The number of ketones is 1. The number of aryl methyl sites for hydroxylation is 1. The summed E-state index contributed by atoms with van der Waals surface area (Å²) < 4.78 is 0. The highest BCUT2D eigenvalue weighted by Gasteiger charge is 2.24. The van der Waals surface area contributed by atoms with Crippen LogP contribution in [0.15, 0.2) is 79.1 Å². The summed E-state index contributed by atoms with van der Waals surface area (Å²) in [6, 6.07) is 23.8. The van der Waals surface area contributed by atoms with Crippen molar-refractivity contribution in [2.45, 2.75) is 107 Å².